The van der Waals surface area contributed by atoms with Crippen LogP contribution >= 0.6 is 7.80 Å². The van der Waals surface area contributed by atoms with Gasteiger partial charge in [0, 0.05) is 12.8 Å². The molecule has 60 valence electrons. The van der Waals surface area contributed by atoms with Crippen LogP contribution in [0.25, 0.3) is 0 Å². The molecule has 1 atom stereocenters. The van der Waals surface area contributed by atoms with Gasteiger partial charge in [0.15, 0.2) is 7.80 Å². The first kappa shape index (κ1) is 9.66. The van der Waals surface area contributed by atoms with E-state index in [0.717, 1.165) is 0 Å². The van der Waals surface area contributed by atoms with Gasteiger partial charge in [0.05, 0.1) is 6.61 Å². The Morgan fingerprint density at radius 1 is 1.70 bits per heavy atom. The van der Waals surface area contributed by atoms with Crippen molar-refractivity contribution < 1.29 is 19.2 Å². The molecule has 4 nitrogen and oxygen atoms in total. The number of carbonyl (C=O) groups is 1. The number of rotatable bonds is 5. The third-order valence-electron chi connectivity index (χ3n) is 0.916. The average Bonchev–Trinajstić information content (AvgIpc) is 1.88. The minimum atomic E-state index is -2.44. The Morgan fingerprint density at radius 3 is 2.70 bits per heavy atom. The van der Waals surface area contributed by atoms with E-state index in [1.807, 2.05) is 0 Å². The van der Waals surface area contributed by atoms with Gasteiger partial charge in [-0.2, -0.15) is 0 Å². The zero-order valence-corrected chi connectivity index (χ0v) is 6.79. The third-order valence-corrected chi connectivity index (χ3v) is 2.05. The molecule has 1 unspecified atom stereocenters. The van der Waals surface area contributed by atoms with Gasteiger partial charge in [0.1, 0.15) is 0 Å². The Balaban J connectivity index is 3.31. The molecule has 0 spiro atoms. The van der Waals surface area contributed by atoms with Crippen LogP contribution in [0.5, 0.6) is 0 Å². The molecule has 0 aromatic heterocycles. The summed E-state index contributed by atoms with van der Waals surface area (Å²) in [5.41, 5.74) is -1.20. The summed E-state index contributed by atoms with van der Waals surface area (Å²) >= 11 is 0. The van der Waals surface area contributed by atoms with Crippen molar-refractivity contribution in [3.63, 3.8) is 0 Å². The van der Waals surface area contributed by atoms with Gasteiger partial charge in [-0.15, -0.1) is 0 Å². The van der Waals surface area contributed by atoms with Crippen LogP contribution in [-0.4, -0.2) is 30.2 Å². The number of ether oxygens (including phenoxy) is 1. The summed E-state index contributed by atoms with van der Waals surface area (Å²) in [5, 5.41) is 8.16. The number of hydrogen-bond donors (Lipinski definition) is 1. The average molecular weight is 166 g/mol. The van der Waals surface area contributed by atoms with Gasteiger partial charge in [-0.25, -0.2) is 4.79 Å². The summed E-state index contributed by atoms with van der Waals surface area (Å²) in [6, 6.07) is 0. The van der Waals surface area contributed by atoms with Crippen molar-refractivity contribution in [2.24, 2.45) is 0 Å². The monoisotopic (exact) mass is 166 g/mol. The summed E-state index contributed by atoms with van der Waals surface area (Å²) in [6.07, 6.45) is 0.147. The van der Waals surface area contributed by atoms with E-state index in [-0.39, 0.29) is 12.8 Å². The highest BCUT2D eigenvalue weighted by atomic mass is 31.1. The van der Waals surface area contributed by atoms with Gasteiger partial charge < -0.3 is 14.4 Å². The van der Waals surface area contributed by atoms with Crippen molar-refractivity contribution >= 4 is 13.5 Å². The molecule has 0 amide bonds. The van der Waals surface area contributed by atoms with Crippen LogP contribution in [0.1, 0.15) is 6.92 Å². The van der Waals surface area contributed by atoms with Crippen molar-refractivity contribution in [1.82, 2.24) is 0 Å². The predicted molar refractivity (Wildman–Crippen MR) is 38.4 cm³/mol. The fourth-order valence-electron chi connectivity index (χ4n) is 0.416. The highest BCUT2D eigenvalue weighted by molar-refractivity contribution is 7.62. The first-order chi connectivity index (χ1) is 4.68. The van der Waals surface area contributed by atoms with Crippen LogP contribution in [0.4, 0.5) is 4.79 Å². The molecule has 0 saturated carbocycles. The lowest BCUT2D eigenvalue weighted by atomic mass is 10.8. The molecule has 0 aliphatic rings. The van der Waals surface area contributed by atoms with E-state index in [2.05, 4.69) is 0 Å². The van der Waals surface area contributed by atoms with Crippen LogP contribution in [0.15, 0.2) is 0 Å². The second-order valence-electron chi connectivity index (χ2n) is 1.68. The van der Waals surface area contributed by atoms with E-state index in [9.17, 15) is 9.36 Å². The molecule has 0 aromatic rings. The third kappa shape index (κ3) is 4.53. The highest BCUT2D eigenvalue weighted by Crippen LogP contribution is 2.19. The lowest BCUT2D eigenvalue weighted by molar-refractivity contribution is 0.163. The second kappa shape index (κ2) is 5.45. The van der Waals surface area contributed by atoms with Gasteiger partial charge in [-0.3, -0.25) is 0 Å². The molecule has 10 heavy (non-hydrogen) atoms. The summed E-state index contributed by atoms with van der Waals surface area (Å²) in [6.45, 7) is 2.62. The van der Waals surface area contributed by atoms with Crippen molar-refractivity contribution in [2.75, 3.05) is 19.4 Å². The fraction of sp³-hybridized carbons (Fsp3) is 0.800. The van der Waals surface area contributed by atoms with E-state index >= 15 is 0 Å². The Labute approximate surface area is 60.0 Å². The van der Waals surface area contributed by atoms with Crippen LogP contribution in [0, 0.1) is 0 Å². The lowest BCUT2D eigenvalue weighted by Crippen LogP contribution is -1.98. The lowest BCUT2D eigenvalue weighted by Gasteiger charge is -1.96. The first-order valence-electron chi connectivity index (χ1n) is 3.02. The number of hydrogen-bond acceptors (Lipinski definition) is 3. The topological polar surface area (TPSA) is 63.6 Å². The zero-order chi connectivity index (χ0) is 7.98. The SMILES string of the molecule is CCOCC[PH](=O)C(=O)O. The molecular weight excluding hydrogens is 155 g/mol. The highest BCUT2D eigenvalue weighted by Gasteiger charge is 2.06. The fourth-order valence-corrected chi connectivity index (χ4v) is 0.960. The standard InChI is InChI=1S/C5H11O4P/c1-2-9-3-4-10(8)5(6)7/h10H,2-4H2,1H3,(H,6,7). The quantitative estimate of drug-likeness (QED) is 0.493. The molecule has 0 saturated heterocycles. The molecular formula is C5H11O4P. The molecule has 0 radical (unpaired) electrons. The second-order valence-corrected chi connectivity index (χ2v) is 3.45. The largest absolute Gasteiger partial charge is 0.476 e. The molecule has 1 N–H and O–H groups in total. The zero-order valence-electron chi connectivity index (χ0n) is 5.79. The van der Waals surface area contributed by atoms with Gasteiger partial charge in [-0.1, -0.05) is 0 Å². The Hall–Kier alpha value is -0.340. The van der Waals surface area contributed by atoms with Crippen LogP contribution < -0.4 is 0 Å². The minimum Gasteiger partial charge on any atom is -0.476 e. The summed E-state index contributed by atoms with van der Waals surface area (Å²) in [7, 11) is -2.44. The number of carboxylic acid groups (broad SMARTS) is 1. The molecule has 0 rings (SSSR count). The molecule has 0 aliphatic carbocycles. The summed E-state index contributed by atoms with van der Waals surface area (Å²) in [5.74, 6) is 0. The van der Waals surface area contributed by atoms with Crippen molar-refractivity contribution in [2.45, 2.75) is 6.92 Å². The van der Waals surface area contributed by atoms with Crippen molar-refractivity contribution in [3.8, 4) is 0 Å². The predicted octanol–water partition coefficient (Wildman–Crippen LogP) is 1.26. The Morgan fingerprint density at radius 2 is 2.30 bits per heavy atom. The van der Waals surface area contributed by atoms with E-state index in [1.54, 1.807) is 6.92 Å². The molecule has 5 heteroatoms. The van der Waals surface area contributed by atoms with E-state index in [1.165, 1.54) is 0 Å². The molecule has 0 heterocycles. The van der Waals surface area contributed by atoms with Gasteiger partial charge in [0.2, 0.25) is 0 Å². The van der Waals surface area contributed by atoms with Gasteiger partial charge in [0.25, 0.3) is 0 Å². The maximum Gasteiger partial charge on any atom is 0.358 e. The summed E-state index contributed by atoms with van der Waals surface area (Å²) in [4.78, 5) is 9.97. The smallest absolute Gasteiger partial charge is 0.358 e. The summed E-state index contributed by atoms with van der Waals surface area (Å²) < 4.78 is 15.3. The van der Waals surface area contributed by atoms with Gasteiger partial charge in [-0.05, 0) is 6.92 Å². The van der Waals surface area contributed by atoms with Gasteiger partial charge >= 0.3 is 5.71 Å². The van der Waals surface area contributed by atoms with E-state index in [0.29, 0.717) is 6.61 Å². The maximum absolute atomic E-state index is 10.5. The minimum absolute atomic E-state index is 0.147. The van der Waals surface area contributed by atoms with Crippen molar-refractivity contribution in [3.05, 3.63) is 0 Å². The maximum atomic E-state index is 10.5. The van der Waals surface area contributed by atoms with E-state index in [4.69, 9.17) is 9.84 Å². The molecule has 0 aromatic carbocycles. The molecule has 0 aliphatic heterocycles. The van der Waals surface area contributed by atoms with Crippen molar-refractivity contribution in [1.29, 1.82) is 0 Å². The van der Waals surface area contributed by atoms with Crippen LogP contribution in [0.3, 0.4) is 0 Å². The van der Waals surface area contributed by atoms with E-state index < -0.39 is 13.5 Å². The van der Waals surface area contributed by atoms with Crippen LogP contribution in [0.2, 0.25) is 0 Å². The normalized spacial score (nSPS) is 12.9. The Bertz CT molecular complexity index is 134. The molecule has 0 bridgehead atoms. The van der Waals surface area contributed by atoms with Crippen LogP contribution in [-0.2, 0) is 9.30 Å². The molecule has 0 fully saturated rings. The Kier molecular flexibility index (Phi) is 5.26. The first-order valence-corrected chi connectivity index (χ1v) is 4.64.